The van der Waals surface area contributed by atoms with E-state index in [0.29, 0.717) is 21.8 Å². The van der Waals surface area contributed by atoms with Crippen LogP contribution in [-0.2, 0) is 0 Å². The van der Waals surface area contributed by atoms with E-state index < -0.39 is 0 Å². The molecule has 2 aromatic carbocycles. The first-order valence-electron chi connectivity index (χ1n) is 7.71. The molecule has 4 nitrogen and oxygen atoms in total. The maximum absolute atomic E-state index is 12.6. The molecule has 0 aliphatic carbocycles. The average Bonchev–Trinajstić information content (AvgIpc) is 3.11. The SMILES string of the molecule is O=C(Nc1ccccc1C(=O)N1CCCC1)c1cc(Br)ccc1Cl. The van der Waals surface area contributed by atoms with Gasteiger partial charge in [-0.05, 0) is 43.2 Å². The van der Waals surface area contributed by atoms with Crippen molar-refractivity contribution in [2.45, 2.75) is 12.8 Å². The minimum atomic E-state index is -0.344. The van der Waals surface area contributed by atoms with Crippen molar-refractivity contribution in [3.8, 4) is 0 Å². The number of hydrogen-bond acceptors (Lipinski definition) is 2. The van der Waals surface area contributed by atoms with Crippen molar-refractivity contribution in [1.82, 2.24) is 4.90 Å². The highest BCUT2D eigenvalue weighted by atomic mass is 79.9. The van der Waals surface area contributed by atoms with Crippen molar-refractivity contribution in [2.75, 3.05) is 18.4 Å². The maximum Gasteiger partial charge on any atom is 0.257 e. The summed E-state index contributed by atoms with van der Waals surface area (Å²) in [6, 6.07) is 12.1. The summed E-state index contributed by atoms with van der Waals surface area (Å²) in [5, 5.41) is 3.17. The molecule has 0 radical (unpaired) electrons. The Bertz CT molecular complexity index is 788. The van der Waals surface area contributed by atoms with Crippen LogP contribution >= 0.6 is 27.5 Å². The van der Waals surface area contributed by atoms with Gasteiger partial charge in [0.15, 0.2) is 0 Å². The number of likely N-dealkylation sites (tertiary alicyclic amines) is 1. The molecule has 0 saturated carbocycles. The van der Waals surface area contributed by atoms with Crippen molar-refractivity contribution in [3.63, 3.8) is 0 Å². The van der Waals surface area contributed by atoms with E-state index in [1.807, 2.05) is 4.90 Å². The van der Waals surface area contributed by atoms with E-state index >= 15 is 0 Å². The van der Waals surface area contributed by atoms with Gasteiger partial charge in [-0.1, -0.05) is 39.7 Å². The number of halogens is 2. The molecule has 2 amide bonds. The van der Waals surface area contributed by atoms with Gasteiger partial charge in [-0.15, -0.1) is 0 Å². The maximum atomic E-state index is 12.6. The number of benzene rings is 2. The van der Waals surface area contributed by atoms with Gasteiger partial charge < -0.3 is 10.2 Å². The fourth-order valence-electron chi connectivity index (χ4n) is 2.73. The first-order chi connectivity index (χ1) is 11.6. The van der Waals surface area contributed by atoms with Crippen LogP contribution in [0.25, 0.3) is 0 Å². The third-order valence-electron chi connectivity index (χ3n) is 3.97. The first kappa shape index (κ1) is 17.0. The number of rotatable bonds is 3. The van der Waals surface area contributed by atoms with Crippen LogP contribution in [0.2, 0.25) is 5.02 Å². The van der Waals surface area contributed by atoms with Gasteiger partial charge in [0.25, 0.3) is 11.8 Å². The third kappa shape index (κ3) is 3.62. The molecule has 1 aliphatic heterocycles. The minimum Gasteiger partial charge on any atom is -0.339 e. The monoisotopic (exact) mass is 406 g/mol. The van der Waals surface area contributed by atoms with Gasteiger partial charge in [0.1, 0.15) is 0 Å². The highest BCUT2D eigenvalue weighted by molar-refractivity contribution is 9.10. The molecular formula is C18H16BrClN2O2. The fraction of sp³-hybridized carbons (Fsp3) is 0.222. The first-order valence-corrected chi connectivity index (χ1v) is 8.88. The van der Waals surface area contributed by atoms with E-state index in [4.69, 9.17) is 11.6 Å². The number of anilines is 1. The molecule has 2 aromatic rings. The molecule has 1 fully saturated rings. The number of carbonyl (C=O) groups excluding carboxylic acids is 2. The highest BCUT2D eigenvalue weighted by Gasteiger charge is 2.22. The summed E-state index contributed by atoms with van der Waals surface area (Å²) in [7, 11) is 0. The van der Waals surface area contributed by atoms with Gasteiger partial charge in [0, 0.05) is 17.6 Å². The van der Waals surface area contributed by atoms with Crippen molar-refractivity contribution in [1.29, 1.82) is 0 Å². The van der Waals surface area contributed by atoms with Gasteiger partial charge in [-0.3, -0.25) is 9.59 Å². The Hall–Kier alpha value is -1.85. The molecule has 1 aliphatic rings. The summed E-state index contributed by atoms with van der Waals surface area (Å²) in [6.45, 7) is 1.52. The van der Waals surface area contributed by atoms with E-state index in [1.165, 1.54) is 0 Å². The lowest BCUT2D eigenvalue weighted by Crippen LogP contribution is -2.28. The number of amides is 2. The molecule has 0 bridgehead atoms. The van der Waals surface area contributed by atoms with Gasteiger partial charge in [-0.25, -0.2) is 0 Å². The van der Waals surface area contributed by atoms with Crippen LogP contribution in [0.15, 0.2) is 46.9 Å². The Kier molecular flexibility index (Phi) is 5.21. The lowest BCUT2D eigenvalue weighted by atomic mass is 10.1. The van der Waals surface area contributed by atoms with E-state index in [0.717, 1.165) is 30.4 Å². The zero-order valence-corrected chi connectivity index (χ0v) is 15.2. The van der Waals surface area contributed by atoms with Crippen LogP contribution in [0.4, 0.5) is 5.69 Å². The molecule has 6 heteroatoms. The van der Waals surface area contributed by atoms with Gasteiger partial charge in [-0.2, -0.15) is 0 Å². The number of nitrogens with zero attached hydrogens (tertiary/aromatic N) is 1. The molecule has 124 valence electrons. The molecule has 1 heterocycles. The number of nitrogens with one attached hydrogen (secondary N) is 1. The largest absolute Gasteiger partial charge is 0.339 e. The molecule has 1 N–H and O–H groups in total. The summed E-state index contributed by atoms with van der Waals surface area (Å²) in [6.07, 6.45) is 2.04. The van der Waals surface area contributed by atoms with Crippen molar-refractivity contribution >= 4 is 45.0 Å². The van der Waals surface area contributed by atoms with E-state index in [-0.39, 0.29) is 11.8 Å². The van der Waals surface area contributed by atoms with Gasteiger partial charge in [0.05, 0.1) is 21.8 Å². The molecule has 0 atom stereocenters. The number of para-hydroxylation sites is 1. The molecular weight excluding hydrogens is 392 g/mol. The second-order valence-corrected chi connectivity index (χ2v) is 6.95. The second kappa shape index (κ2) is 7.36. The minimum absolute atomic E-state index is 0.0521. The van der Waals surface area contributed by atoms with Crippen LogP contribution in [0.1, 0.15) is 33.6 Å². The zero-order valence-electron chi connectivity index (χ0n) is 12.9. The normalized spacial score (nSPS) is 13.8. The highest BCUT2D eigenvalue weighted by Crippen LogP contribution is 2.24. The second-order valence-electron chi connectivity index (χ2n) is 5.62. The number of hydrogen-bond donors (Lipinski definition) is 1. The van der Waals surface area contributed by atoms with E-state index in [2.05, 4.69) is 21.2 Å². The van der Waals surface area contributed by atoms with Crippen molar-refractivity contribution < 1.29 is 9.59 Å². The van der Waals surface area contributed by atoms with Crippen molar-refractivity contribution in [2.24, 2.45) is 0 Å². The standard InChI is InChI=1S/C18H16BrClN2O2/c19-12-7-8-15(20)14(11-12)17(23)21-16-6-2-1-5-13(16)18(24)22-9-3-4-10-22/h1-2,5-8,11H,3-4,9-10H2,(H,21,23). The summed E-state index contributed by atoms with van der Waals surface area (Å²) < 4.78 is 0.762. The smallest absolute Gasteiger partial charge is 0.257 e. The summed E-state index contributed by atoms with van der Waals surface area (Å²) in [5.41, 5.74) is 1.35. The van der Waals surface area contributed by atoms with Crippen LogP contribution in [0.3, 0.4) is 0 Å². The fourth-order valence-corrected chi connectivity index (χ4v) is 3.29. The molecule has 3 rings (SSSR count). The zero-order chi connectivity index (χ0) is 17.1. The quantitative estimate of drug-likeness (QED) is 0.809. The topological polar surface area (TPSA) is 49.4 Å². The van der Waals surface area contributed by atoms with Crippen LogP contribution in [0.5, 0.6) is 0 Å². The van der Waals surface area contributed by atoms with Crippen LogP contribution in [0, 0.1) is 0 Å². The lowest BCUT2D eigenvalue weighted by Gasteiger charge is -2.18. The van der Waals surface area contributed by atoms with E-state index in [1.54, 1.807) is 42.5 Å². The Morgan fingerprint density at radius 3 is 2.50 bits per heavy atom. The predicted molar refractivity (Wildman–Crippen MR) is 98.7 cm³/mol. The van der Waals surface area contributed by atoms with Crippen molar-refractivity contribution in [3.05, 3.63) is 63.1 Å². The summed E-state index contributed by atoms with van der Waals surface area (Å²) in [4.78, 5) is 27.0. The third-order valence-corrected chi connectivity index (χ3v) is 4.79. The van der Waals surface area contributed by atoms with Gasteiger partial charge in [0.2, 0.25) is 0 Å². The Balaban J connectivity index is 1.86. The average molecular weight is 408 g/mol. The molecule has 24 heavy (non-hydrogen) atoms. The van der Waals surface area contributed by atoms with Crippen LogP contribution < -0.4 is 5.32 Å². The molecule has 1 saturated heterocycles. The Morgan fingerprint density at radius 1 is 1.04 bits per heavy atom. The Morgan fingerprint density at radius 2 is 1.75 bits per heavy atom. The molecule has 0 spiro atoms. The molecule has 0 unspecified atom stereocenters. The van der Waals surface area contributed by atoms with E-state index in [9.17, 15) is 9.59 Å². The summed E-state index contributed by atoms with van der Waals surface area (Å²) in [5.74, 6) is -0.397. The van der Waals surface area contributed by atoms with Crippen LogP contribution in [-0.4, -0.2) is 29.8 Å². The molecule has 0 aromatic heterocycles. The van der Waals surface area contributed by atoms with Gasteiger partial charge >= 0.3 is 0 Å². The predicted octanol–water partition coefficient (Wildman–Crippen LogP) is 4.59. The lowest BCUT2D eigenvalue weighted by molar-refractivity contribution is 0.0794. The Labute approximate surface area is 153 Å². The number of carbonyl (C=O) groups is 2. The summed E-state index contributed by atoms with van der Waals surface area (Å²) >= 11 is 9.44.